The molecular weight excluding hydrogens is 479 g/mol. The number of guanidine groups is 1. The fourth-order valence-electron chi connectivity index (χ4n) is 2.85. The van der Waals surface area contributed by atoms with E-state index in [0.29, 0.717) is 12.4 Å². The molecule has 2 aromatic rings. The molecule has 2 N–H and O–H groups in total. The van der Waals surface area contributed by atoms with Crippen LogP contribution in [0.3, 0.4) is 0 Å². The quantitative estimate of drug-likeness (QED) is 0.289. The van der Waals surface area contributed by atoms with Crippen molar-refractivity contribution in [3.8, 4) is 11.6 Å². The Morgan fingerprint density at radius 3 is 2.79 bits per heavy atom. The van der Waals surface area contributed by atoms with Gasteiger partial charge in [0.25, 0.3) is 0 Å². The Kier molecular flexibility index (Phi) is 10.0. The van der Waals surface area contributed by atoms with Gasteiger partial charge in [-0.1, -0.05) is 18.2 Å². The third-order valence-electron chi connectivity index (χ3n) is 4.61. The predicted octanol–water partition coefficient (Wildman–Crippen LogP) is 3.79. The number of methoxy groups -OCH3 is 1. The summed E-state index contributed by atoms with van der Waals surface area (Å²) in [7, 11) is 1.70. The molecule has 0 aliphatic heterocycles. The van der Waals surface area contributed by atoms with E-state index in [1.165, 1.54) is 18.4 Å². The number of para-hydroxylation sites is 1. The fraction of sp³-hybridized carbons (Fsp3) is 0.455. The third kappa shape index (κ3) is 8.08. The maximum atomic E-state index is 5.76. The van der Waals surface area contributed by atoms with E-state index in [1.54, 1.807) is 13.3 Å². The van der Waals surface area contributed by atoms with Crippen LogP contribution < -0.4 is 20.1 Å². The maximum Gasteiger partial charge on any atom is 0.213 e. The molecule has 0 radical (unpaired) electrons. The molecule has 0 amide bonds. The van der Waals surface area contributed by atoms with Crippen molar-refractivity contribution < 1.29 is 9.47 Å². The summed E-state index contributed by atoms with van der Waals surface area (Å²) in [6.45, 7) is 5.00. The molecule has 1 saturated carbocycles. The van der Waals surface area contributed by atoms with Crippen LogP contribution in [0, 0.1) is 5.92 Å². The second-order valence-corrected chi connectivity index (χ2v) is 6.94. The third-order valence-corrected chi connectivity index (χ3v) is 4.61. The van der Waals surface area contributed by atoms with E-state index in [-0.39, 0.29) is 24.0 Å². The van der Waals surface area contributed by atoms with Gasteiger partial charge in [-0.25, -0.2) is 9.98 Å². The van der Waals surface area contributed by atoms with Crippen molar-refractivity contribution in [2.24, 2.45) is 10.9 Å². The summed E-state index contributed by atoms with van der Waals surface area (Å²) < 4.78 is 11.2. The summed E-state index contributed by atoms with van der Waals surface area (Å²) in [6, 6.07) is 12.0. The number of rotatable bonds is 10. The highest BCUT2D eigenvalue weighted by Gasteiger charge is 2.22. The van der Waals surface area contributed by atoms with E-state index in [0.717, 1.165) is 49.3 Å². The summed E-state index contributed by atoms with van der Waals surface area (Å²) in [5.74, 6) is 3.13. The highest BCUT2D eigenvalue weighted by atomic mass is 127. The van der Waals surface area contributed by atoms with Crippen LogP contribution in [0.4, 0.5) is 0 Å². The van der Waals surface area contributed by atoms with Crippen LogP contribution in [-0.2, 0) is 13.0 Å². The van der Waals surface area contributed by atoms with Crippen molar-refractivity contribution >= 4 is 29.9 Å². The van der Waals surface area contributed by atoms with E-state index in [1.807, 2.05) is 30.3 Å². The molecule has 1 aliphatic carbocycles. The molecule has 1 aromatic carbocycles. The Balaban J connectivity index is 0.00000300. The van der Waals surface area contributed by atoms with Crippen LogP contribution in [-0.4, -0.2) is 37.7 Å². The number of nitrogens with zero attached hydrogens (tertiary/aromatic N) is 2. The van der Waals surface area contributed by atoms with Gasteiger partial charge in [0.05, 0.1) is 20.3 Å². The van der Waals surface area contributed by atoms with Crippen molar-refractivity contribution in [3.63, 3.8) is 0 Å². The smallest absolute Gasteiger partial charge is 0.213 e. The van der Waals surface area contributed by atoms with Gasteiger partial charge in [-0.3, -0.25) is 0 Å². The van der Waals surface area contributed by atoms with Crippen LogP contribution in [0.1, 0.15) is 30.9 Å². The minimum atomic E-state index is 0. The normalized spacial score (nSPS) is 13.4. The largest absolute Gasteiger partial charge is 0.496 e. The van der Waals surface area contributed by atoms with Crippen molar-refractivity contribution in [3.05, 3.63) is 53.7 Å². The molecule has 1 heterocycles. The summed E-state index contributed by atoms with van der Waals surface area (Å²) in [6.07, 6.45) is 5.20. The van der Waals surface area contributed by atoms with Gasteiger partial charge in [-0.15, -0.1) is 24.0 Å². The molecule has 7 heteroatoms. The van der Waals surface area contributed by atoms with Crippen LogP contribution in [0.25, 0.3) is 0 Å². The highest BCUT2D eigenvalue weighted by molar-refractivity contribution is 14.0. The van der Waals surface area contributed by atoms with Crippen LogP contribution in [0.5, 0.6) is 11.6 Å². The molecule has 0 spiro atoms. The van der Waals surface area contributed by atoms with Gasteiger partial charge in [-0.05, 0) is 55.4 Å². The Hall–Kier alpha value is -2.03. The molecule has 0 saturated heterocycles. The van der Waals surface area contributed by atoms with E-state index in [4.69, 9.17) is 9.47 Å². The second-order valence-electron chi connectivity index (χ2n) is 6.94. The van der Waals surface area contributed by atoms with Crippen LogP contribution >= 0.6 is 24.0 Å². The van der Waals surface area contributed by atoms with E-state index >= 15 is 0 Å². The van der Waals surface area contributed by atoms with Gasteiger partial charge in [0.15, 0.2) is 5.96 Å². The fourth-order valence-corrected chi connectivity index (χ4v) is 2.85. The van der Waals surface area contributed by atoms with Gasteiger partial charge in [0.2, 0.25) is 5.88 Å². The number of aromatic nitrogens is 1. The molecule has 1 aromatic heterocycles. The van der Waals surface area contributed by atoms with Gasteiger partial charge in [-0.2, -0.15) is 0 Å². The first-order chi connectivity index (χ1) is 13.8. The molecular formula is C22H31IN4O2. The number of hydrogen-bond donors (Lipinski definition) is 2. The first-order valence-corrected chi connectivity index (χ1v) is 10.00. The molecule has 6 nitrogen and oxygen atoms in total. The van der Waals surface area contributed by atoms with Gasteiger partial charge < -0.3 is 20.1 Å². The SMILES string of the molecule is CCNC(=NCc1ccnc(OCC2CC2)c1)NCCc1ccccc1OC.I. The van der Waals surface area contributed by atoms with Crippen molar-refractivity contribution in [1.29, 1.82) is 0 Å². The van der Waals surface area contributed by atoms with Crippen molar-refractivity contribution in [1.82, 2.24) is 15.6 Å². The molecule has 29 heavy (non-hydrogen) atoms. The predicted molar refractivity (Wildman–Crippen MR) is 127 cm³/mol. The maximum absolute atomic E-state index is 5.76. The minimum absolute atomic E-state index is 0. The molecule has 0 bridgehead atoms. The zero-order valence-electron chi connectivity index (χ0n) is 17.2. The number of benzene rings is 1. The van der Waals surface area contributed by atoms with Crippen LogP contribution in [0.2, 0.25) is 0 Å². The average Bonchev–Trinajstić information content (AvgIpc) is 3.56. The van der Waals surface area contributed by atoms with E-state index in [9.17, 15) is 0 Å². The number of aliphatic imine (C=N–C) groups is 1. The lowest BCUT2D eigenvalue weighted by Crippen LogP contribution is -2.38. The summed E-state index contributed by atoms with van der Waals surface area (Å²) >= 11 is 0. The topological polar surface area (TPSA) is 67.8 Å². The lowest BCUT2D eigenvalue weighted by atomic mass is 10.1. The first kappa shape index (κ1) is 23.3. The number of hydrogen-bond acceptors (Lipinski definition) is 4. The van der Waals surface area contributed by atoms with Gasteiger partial charge in [0.1, 0.15) is 5.75 Å². The van der Waals surface area contributed by atoms with Gasteiger partial charge in [0, 0.05) is 25.4 Å². The molecule has 0 unspecified atom stereocenters. The average molecular weight is 510 g/mol. The molecule has 0 atom stereocenters. The number of halogens is 1. The molecule has 1 fully saturated rings. The minimum Gasteiger partial charge on any atom is -0.496 e. The Bertz CT molecular complexity index is 781. The van der Waals surface area contributed by atoms with Crippen LogP contribution in [0.15, 0.2) is 47.6 Å². The van der Waals surface area contributed by atoms with Crippen molar-refractivity contribution in [2.75, 3.05) is 26.8 Å². The lowest BCUT2D eigenvalue weighted by molar-refractivity contribution is 0.288. The summed E-state index contributed by atoms with van der Waals surface area (Å²) in [5, 5.41) is 6.68. The second kappa shape index (κ2) is 12.5. The standard InChI is InChI=1S/C22H30N4O2.HI/c1-3-23-22(25-13-11-19-6-4-5-7-20(19)27-2)26-15-18-10-12-24-21(14-18)28-16-17-8-9-17;/h4-7,10,12,14,17H,3,8-9,11,13,15-16H2,1-2H3,(H2,23,25,26);1H. The van der Waals surface area contributed by atoms with Crippen molar-refractivity contribution in [2.45, 2.75) is 32.7 Å². The molecule has 158 valence electrons. The van der Waals surface area contributed by atoms with Gasteiger partial charge >= 0.3 is 0 Å². The summed E-state index contributed by atoms with van der Waals surface area (Å²) in [5.41, 5.74) is 2.27. The zero-order valence-corrected chi connectivity index (χ0v) is 19.5. The van der Waals surface area contributed by atoms with E-state index < -0.39 is 0 Å². The number of nitrogens with one attached hydrogen (secondary N) is 2. The monoisotopic (exact) mass is 510 g/mol. The Morgan fingerprint density at radius 2 is 2.03 bits per heavy atom. The Labute approximate surface area is 190 Å². The molecule has 1 aliphatic rings. The molecule has 3 rings (SSSR count). The number of ether oxygens (including phenoxy) is 2. The lowest BCUT2D eigenvalue weighted by Gasteiger charge is -2.13. The highest BCUT2D eigenvalue weighted by Crippen LogP contribution is 2.29. The van der Waals surface area contributed by atoms with E-state index in [2.05, 4.69) is 33.6 Å². The summed E-state index contributed by atoms with van der Waals surface area (Å²) in [4.78, 5) is 8.97. The zero-order chi connectivity index (χ0) is 19.6. The number of pyridine rings is 1. The Morgan fingerprint density at radius 1 is 1.21 bits per heavy atom. The first-order valence-electron chi connectivity index (χ1n) is 10.00.